The lowest BCUT2D eigenvalue weighted by molar-refractivity contribution is -0.125. The first kappa shape index (κ1) is 27.2. The van der Waals surface area contributed by atoms with E-state index in [1.54, 1.807) is 9.91 Å². The number of nitrogens with zero attached hydrogens (tertiary/aromatic N) is 3. The number of halogens is 2. The van der Waals surface area contributed by atoms with Crippen LogP contribution in [0.1, 0.15) is 46.8 Å². The van der Waals surface area contributed by atoms with Gasteiger partial charge in [-0.3, -0.25) is 9.59 Å². The maximum Gasteiger partial charge on any atom is 0.255 e. The van der Waals surface area contributed by atoms with Crippen LogP contribution in [0.2, 0.25) is 0 Å². The number of hydrogen-bond donors (Lipinski definition) is 3. The predicted molar refractivity (Wildman–Crippen MR) is 144 cm³/mol. The topological polar surface area (TPSA) is 122 Å². The Labute approximate surface area is 230 Å². The zero-order valence-electron chi connectivity index (χ0n) is 22.2. The van der Waals surface area contributed by atoms with Gasteiger partial charge in [0.2, 0.25) is 5.91 Å². The van der Waals surface area contributed by atoms with E-state index >= 15 is 8.78 Å². The molecular weight excluding hydrogens is 522 g/mol. The summed E-state index contributed by atoms with van der Waals surface area (Å²) in [6, 6.07) is 0.00127. The van der Waals surface area contributed by atoms with E-state index in [1.165, 1.54) is 26.5 Å². The Balaban J connectivity index is 1.56. The fourth-order valence-electron chi connectivity index (χ4n) is 4.98. The summed E-state index contributed by atoms with van der Waals surface area (Å²) in [5.41, 5.74) is 10.2. The van der Waals surface area contributed by atoms with Gasteiger partial charge in [0.15, 0.2) is 23.1 Å². The Morgan fingerprint density at radius 1 is 1.25 bits per heavy atom. The van der Waals surface area contributed by atoms with Gasteiger partial charge in [-0.25, -0.2) is 19.2 Å². The molecule has 2 atom stereocenters. The molecule has 5 rings (SSSR count). The minimum atomic E-state index is -0.975. The van der Waals surface area contributed by atoms with Crippen LogP contribution in [0.4, 0.5) is 20.3 Å². The van der Waals surface area contributed by atoms with E-state index in [-0.39, 0.29) is 40.7 Å². The van der Waals surface area contributed by atoms with Crippen molar-refractivity contribution in [2.24, 2.45) is 5.92 Å². The van der Waals surface area contributed by atoms with Gasteiger partial charge in [-0.1, -0.05) is 18.4 Å². The van der Waals surface area contributed by atoms with Gasteiger partial charge in [-0.2, -0.15) is 0 Å². The molecule has 0 radical (unpaired) electrons. The predicted octanol–water partition coefficient (Wildman–Crippen LogP) is 2.30. The number of nitrogens with two attached hydrogens (primary N) is 1. The van der Waals surface area contributed by atoms with Gasteiger partial charge < -0.3 is 30.4 Å². The van der Waals surface area contributed by atoms with E-state index in [4.69, 9.17) is 15.2 Å². The molecule has 12 heteroatoms. The number of rotatable bonds is 7. The standard InChI is InChI=1S/C28H30F2N6O4/c1-4-22(37)35-10-9-16(14-35)36-26-18(28(38)33-12-15-5-6-15)13-32-27(31)23(26)19(34-36)8-7-17-24(29)20(39-2)11-21(40-3)25(17)30/h4,11,13,15-16,19,34H,1,5-6,9-10,12,14H2,2-3H3,(H2,31,32)(H,33,38)/t16?,19-/m0/s1. The summed E-state index contributed by atoms with van der Waals surface area (Å²) in [6.45, 7) is 4.96. The van der Waals surface area contributed by atoms with Gasteiger partial charge in [0.05, 0.1) is 37.1 Å². The molecule has 0 spiro atoms. The fraction of sp³-hybridized carbons (Fsp3) is 0.393. The molecule has 2 amide bonds. The van der Waals surface area contributed by atoms with Crippen molar-refractivity contribution >= 4 is 23.3 Å². The Morgan fingerprint density at radius 2 is 1.95 bits per heavy atom. The first-order chi connectivity index (χ1) is 19.3. The number of methoxy groups -OCH3 is 2. The van der Waals surface area contributed by atoms with E-state index in [1.807, 2.05) is 0 Å². The average molecular weight is 553 g/mol. The van der Waals surface area contributed by atoms with Crippen molar-refractivity contribution in [3.63, 3.8) is 0 Å². The number of nitrogens with one attached hydrogen (secondary N) is 2. The van der Waals surface area contributed by atoms with Crippen molar-refractivity contribution in [1.29, 1.82) is 0 Å². The summed E-state index contributed by atoms with van der Waals surface area (Å²) >= 11 is 0. The summed E-state index contributed by atoms with van der Waals surface area (Å²) in [6.07, 6.45) is 5.40. The third kappa shape index (κ3) is 5.00. The molecule has 10 nitrogen and oxygen atoms in total. The first-order valence-corrected chi connectivity index (χ1v) is 12.9. The molecule has 4 N–H and O–H groups in total. The molecule has 3 aliphatic rings. The highest BCUT2D eigenvalue weighted by Crippen LogP contribution is 2.41. The molecule has 1 aromatic heterocycles. The third-order valence-electron chi connectivity index (χ3n) is 7.34. The molecule has 210 valence electrons. The van der Waals surface area contributed by atoms with Crippen LogP contribution >= 0.6 is 0 Å². The van der Waals surface area contributed by atoms with E-state index < -0.39 is 23.2 Å². The number of nitrogen functional groups attached to an aromatic ring is 1. The number of ether oxygens (including phenoxy) is 2. The summed E-state index contributed by atoms with van der Waals surface area (Å²) in [5, 5.41) is 4.73. The van der Waals surface area contributed by atoms with Crippen molar-refractivity contribution in [3.05, 3.63) is 53.2 Å². The van der Waals surface area contributed by atoms with Crippen molar-refractivity contribution in [2.75, 3.05) is 44.6 Å². The van der Waals surface area contributed by atoms with Crippen molar-refractivity contribution in [1.82, 2.24) is 20.6 Å². The monoisotopic (exact) mass is 552 g/mol. The van der Waals surface area contributed by atoms with Crippen LogP contribution in [0.3, 0.4) is 0 Å². The largest absolute Gasteiger partial charge is 0.493 e. The van der Waals surface area contributed by atoms with E-state index in [0.29, 0.717) is 43.2 Å². The van der Waals surface area contributed by atoms with Gasteiger partial charge >= 0.3 is 0 Å². The first-order valence-electron chi connectivity index (χ1n) is 12.9. The van der Waals surface area contributed by atoms with Crippen LogP contribution in [0, 0.1) is 29.4 Å². The smallest absolute Gasteiger partial charge is 0.255 e. The second kappa shape index (κ2) is 11.0. The van der Waals surface area contributed by atoms with Crippen molar-refractivity contribution in [3.8, 4) is 23.3 Å². The molecular formula is C28H30F2N6O4. The Hall–Kier alpha value is -4.37. The van der Waals surface area contributed by atoms with E-state index in [9.17, 15) is 9.59 Å². The number of amides is 2. The summed E-state index contributed by atoms with van der Waals surface area (Å²) in [7, 11) is 2.51. The molecule has 2 aromatic rings. The molecule has 1 aromatic carbocycles. The van der Waals surface area contributed by atoms with Gasteiger partial charge in [0.25, 0.3) is 5.91 Å². The maximum absolute atomic E-state index is 15.0. The van der Waals surface area contributed by atoms with Crippen LogP contribution in [0.25, 0.3) is 0 Å². The minimum Gasteiger partial charge on any atom is -0.493 e. The molecule has 1 saturated heterocycles. The van der Waals surface area contributed by atoms with Crippen molar-refractivity contribution in [2.45, 2.75) is 31.3 Å². The van der Waals surface area contributed by atoms with Crippen LogP contribution < -0.4 is 31.0 Å². The van der Waals surface area contributed by atoms with Crippen LogP contribution in [-0.2, 0) is 4.79 Å². The normalized spacial score (nSPS) is 19.5. The number of hydrazine groups is 1. The quantitative estimate of drug-likeness (QED) is 0.354. The maximum atomic E-state index is 15.0. The molecule has 1 saturated carbocycles. The van der Waals surface area contributed by atoms with E-state index in [2.05, 4.69) is 34.1 Å². The zero-order valence-corrected chi connectivity index (χ0v) is 22.2. The Kier molecular flexibility index (Phi) is 7.49. The lowest BCUT2D eigenvalue weighted by Crippen LogP contribution is -2.45. The SMILES string of the molecule is C=CC(=O)N1CCC(N2N[C@@H](C#Cc3c(F)c(OC)cc(OC)c3F)c3c(N)ncc(C(=O)NCC4CC4)c32)C1. The second-order valence-corrected chi connectivity index (χ2v) is 9.89. The van der Waals surface area contributed by atoms with Gasteiger partial charge in [-0.05, 0) is 31.3 Å². The number of anilines is 2. The van der Waals surface area contributed by atoms with E-state index in [0.717, 1.165) is 18.9 Å². The van der Waals surface area contributed by atoms with Crippen molar-refractivity contribution < 1.29 is 27.8 Å². The molecule has 0 bridgehead atoms. The number of fused-ring (bicyclic) bond motifs is 1. The molecule has 2 aliphatic heterocycles. The second-order valence-electron chi connectivity index (χ2n) is 9.89. The molecule has 2 fully saturated rings. The molecule has 1 aliphatic carbocycles. The summed E-state index contributed by atoms with van der Waals surface area (Å²) in [5.74, 6) is 3.10. The average Bonchev–Trinajstić information content (AvgIpc) is 3.52. The number of likely N-dealkylation sites (tertiary alicyclic amines) is 1. The zero-order chi connectivity index (χ0) is 28.6. The number of pyridine rings is 1. The van der Waals surface area contributed by atoms with Crippen LogP contribution in [0.15, 0.2) is 24.9 Å². The van der Waals surface area contributed by atoms with Gasteiger partial charge in [0.1, 0.15) is 17.4 Å². The summed E-state index contributed by atoms with van der Waals surface area (Å²) in [4.78, 5) is 31.4. The van der Waals surface area contributed by atoms with Gasteiger partial charge in [0, 0.05) is 31.9 Å². The van der Waals surface area contributed by atoms with Crippen LogP contribution in [0.5, 0.6) is 11.5 Å². The third-order valence-corrected chi connectivity index (χ3v) is 7.34. The molecule has 1 unspecified atom stereocenters. The lowest BCUT2D eigenvalue weighted by atomic mass is 10.0. The Morgan fingerprint density at radius 3 is 2.58 bits per heavy atom. The Bertz CT molecular complexity index is 1410. The molecule has 3 heterocycles. The number of hydrogen-bond acceptors (Lipinski definition) is 8. The number of aromatic nitrogens is 1. The highest BCUT2D eigenvalue weighted by atomic mass is 19.1. The van der Waals surface area contributed by atoms with Crippen LogP contribution in [-0.4, -0.2) is 61.6 Å². The number of carbonyl (C=O) groups excluding carboxylic acids is 2. The summed E-state index contributed by atoms with van der Waals surface area (Å²) < 4.78 is 40.0. The van der Waals surface area contributed by atoms with Gasteiger partial charge in [-0.15, -0.1) is 0 Å². The minimum absolute atomic E-state index is 0.115. The number of carbonyl (C=O) groups is 2. The fourth-order valence-corrected chi connectivity index (χ4v) is 4.98. The lowest BCUT2D eigenvalue weighted by Gasteiger charge is -2.28. The molecule has 40 heavy (non-hydrogen) atoms. The number of benzene rings is 1. The highest BCUT2D eigenvalue weighted by Gasteiger charge is 2.40. The highest BCUT2D eigenvalue weighted by molar-refractivity contribution is 6.01.